The van der Waals surface area contributed by atoms with Crippen molar-refractivity contribution in [1.29, 1.82) is 0 Å². The van der Waals surface area contributed by atoms with Gasteiger partial charge in [-0.05, 0) is 55.9 Å². The van der Waals surface area contributed by atoms with Gasteiger partial charge in [0.1, 0.15) is 0 Å². The molecule has 2 unspecified atom stereocenters. The smallest absolute Gasteiger partial charge is 0.239 e. The molecule has 2 fully saturated rings. The van der Waals surface area contributed by atoms with E-state index in [1.807, 2.05) is 103 Å². The number of Topliss-reactive ketones (excluding diaryl/α,β-unsaturated/α-hetero) is 1. The summed E-state index contributed by atoms with van der Waals surface area (Å²) in [6.07, 6.45) is 0. The molecule has 204 valence electrons. The minimum atomic E-state index is -1.35. The zero-order valence-electron chi connectivity index (χ0n) is 23.1. The third-order valence-electron chi connectivity index (χ3n) is 10.1. The number of imide groups is 1. The average Bonchev–Trinajstić information content (AvgIpc) is 3.58. The molecule has 1 saturated carbocycles. The van der Waals surface area contributed by atoms with Crippen molar-refractivity contribution in [3.05, 3.63) is 162 Å². The Hall–Kier alpha value is -5.35. The lowest BCUT2D eigenvalue weighted by atomic mass is 9.59. The van der Waals surface area contributed by atoms with E-state index in [0.29, 0.717) is 5.69 Å². The molecule has 2 aliphatic carbocycles. The third-order valence-corrected chi connectivity index (χ3v) is 10.1. The van der Waals surface area contributed by atoms with Gasteiger partial charge in [-0.1, -0.05) is 127 Å². The van der Waals surface area contributed by atoms with E-state index in [1.54, 1.807) is 12.1 Å². The molecule has 0 spiro atoms. The molecule has 6 aromatic rings. The number of benzene rings is 6. The highest BCUT2D eigenvalue weighted by Gasteiger charge is 2.82. The van der Waals surface area contributed by atoms with Gasteiger partial charge in [-0.25, -0.2) is 4.90 Å². The molecule has 0 N–H and O–H groups in total. The second kappa shape index (κ2) is 8.36. The highest BCUT2D eigenvalue weighted by atomic mass is 16.2. The van der Waals surface area contributed by atoms with Crippen molar-refractivity contribution < 1.29 is 14.4 Å². The summed E-state index contributed by atoms with van der Waals surface area (Å²) in [4.78, 5) is 46.8. The Morgan fingerprint density at radius 2 is 0.767 bits per heavy atom. The summed E-state index contributed by atoms with van der Waals surface area (Å²) in [6, 6.07) is 44.9. The molecular formula is C39H25NO3. The van der Waals surface area contributed by atoms with E-state index in [1.165, 1.54) is 4.90 Å². The number of amides is 2. The Bertz CT molecular complexity index is 2020. The number of rotatable bonds is 3. The SMILES string of the molecule is O=C1C2C(C(=O)N1c1ccccc1)[C@@]1(c3ccccc3)C(=O)[C@]2(c2ccccc2)c2c1c1ccccc1c1ccccc21. The monoisotopic (exact) mass is 555 g/mol. The van der Waals surface area contributed by atoms with E-state index in [9.17, 15) is 9.59 Å². The molecule has 43 heavy (non-hydrogen) atoms. The number of fused-ring (bicyclic) bond motifs is 13. The van der Waals surface area contributed by atoms with Crippen molar-refractivity contribution >= 4 is 44.8 Å². The first-order valence-corrected chi connectivity index (χ1v) is 14.7. The van der Waals surface area contributed by atoms with E-state index >= 15 is 4.79 Å². The molecule has 4 heteroatoms. The molecule has 2 bridgehead atoms. The maximum Gasteiger partial charge on any atom is 0.239 e. The fraction of sp³-hybridized carbons (Fsp3) is 0.103. The van der Waals surface area contributed by atoms with E-state index in [-0.39, 0.29) is 17.6 Å². The minimum absolute atomic E-state index is 0.0849. The molecule has 2 amide bonds. The molecule has 0 aromatic heterocycles. The van der Waals surface area contributed by atoms with Crippen molar-refractivity contribution in [2.45, 2.75) is 10.8 Å². The lowest BCUT2D eigenvalue weighted by Crippen LogP contribution is -2.45. The van der Waals surface area contributed by atoms with Crippen LogP contribution in [-0.2, 0) is 25.2 Å². The van der Waals surface area contributed by atoms with Crippen LogP contribution < -0.4 is 4.90 Å². The Kier molecular flexibility index (Phi) is 4.72. The molecule has 3 aliphatic rings. The number of carbonyl (C=O) groups excluding carboxylic acids is 3. The number of para-hydroxylation sites is 1. The molecule has 1 saturated heterocycles. The van der Waals surface area contributed by atoms with Gasteiger partial charge >= 0.3 is 0 Å². The van der Waals surface area contributed by atoms with Crippen molar-refractivity contribution in [1.82, 2.24) is 0 Å². The molecule has 4 atom stereocenters. The van der Waals surface area contributed by atoms with Gasteiger partial charge in [-0.3, -0.25) is 14.4 Å². The summed E-state index contributed by atoms with van der Waals surface area (Å²) < 4.78 is 0. The number of anilines is 1. The van der Waals surface area contributed by atoms with Crippen LogP contribution in [0.5, 0.6) is 0 Å². The second-order valence-corrected chi connectivity index (χ2v) is 11.8. The van der Waals surface area contributed by atoms with Crippen LogP contribution in [0.2, 0.25) is 0 Å². The van der Waals surface area contributed by atoms with Crippen LogP contribution in [0.4, 0.5) is 5.69 Å². The van der Waals surface area contributed by atoms with Crippen LogP contribution in [0, 0.1) is 11.8 Å². The van der Waals surface area contributed by atoms with Crippen molar-refractivity contribution in [3.63, 3.8) is 0 Å². The quantitative estimate of drug-likeness (QED) is 0.175. The van der Waals surface area contributed by atoms with Gasteiger partial charge in [0.15, 0.2) is 5.78 Å². The van der Waals surface area contributed by atoms with E-state index in [4.69, 9.17) is 0 Å². The van der Waals surface area contributed by atoms with Crippen LogP contribution in [0.1, 0.15) is 22.3 Å². The Morgan fingerprint density at radius 1 is 0.419 bits per heavy atom. The lowest BCUT2D eigenvalue weighted by Gasteiger charge is -2.38. The van der Waals surface area contributed by atoms with Crippen molar-refractivity contribution in [2.75, 3.05) is 4.90 Å². The number of ketones is 1. The lowest BCUT2D eigenvalue weighted by molar-refractivity contribution is -0.130. The molecule has 1 aliphatic heterocycles. The molecule has 1 heterocycles. The van der Waals surface area contributed by atoms with Gasteiger partial charge in [0.25, 0.3) is 0 Å². The van der Waals surface area contributed by atoms with Crippen LogP contribution in [0.25, 0.3) is 21.5 Å². The van der Waals surface area contributed by atoms with Crippen LogP contribution >= 0.6 is 0 Å². The first kappa shape index (κ1) is 24.3. The van der Waals surface area contributed by atoms with Gasteiger partial charge in [-0.15, -0.1) is 0 Å². The van der Waals surface area contributed by atoms with Gasteiger partial charge in [0, 0.05) is 0 Å². The first-order chi connectivity index (χ1) is 21.1. The first-order valence-electron chi connectivity index (χ1n) is 14.7. The number of hydrogen-bond donors (Lipinski definition) is 0. The topological polar surface area (TPSA) is 54.5 Å². The average molecular weight is 556 g/mol. The van der Waals surface area contributed by atoms with Crippen LogP contribution in [0.15, 0.2) is 140 Å². The van der Waals surface area contributed by atoms with Gasteiger partial charge in [0.05, 0.1) is 28.4 Å². The fourth-order valence-corrected chi connectivity index (χ4v) is 8.78. The van der Waals surface area contributed by atoms with Gasteiger partial charge < -0.3 is 0 Å². The fourth-order valence-electron chi connectivity index (χ4n) is 8.78. The summed E-state index contributed by atoms with van der Waals surface area (Å²) in [7, 11) is 0. The summed E-state index contributed by atoms with van der Waals surface area (Å²) >= 11 is 0. The van der Waals surface area contributed by atoms with Crippen LogP contribution in [0.3, 0.4) is 0 Å². The molecule has 0 radical (unpaired) electrons. The number of carbonyl (C=O) groups is 3. The van der Waals surface area contributed by atoms with Crippen molar-refractivity contribution in [2.24, 2.45) is 11.8 Å². The maximum atomic E-state index is 15.8. The van der Waals surface area contributed by atoms with Crippen LogP contribution in [-0.4, -0.2) is 17.6 Å². The second-order valence-electron chi connectivity index (χ2n) is 11.8. The Labute approximate surface area is 248 Å². The number of hydrogen-bond acceptors (Lipinski definition) is 3. The standard InChI is InChI=1S/C39H25NO3/c41-35-33-34(36(42)40(35)26-18-8-3-9-19-26)39(25-16-6-2-7-17-25)32-30-23-13-11-21-28(30)27-20-10-12-22-29(27)31(32)38(33,37(39)43)24-14-4-1-5-15-24/h1-23,33-34H/t33?,34?,38-,39+. The molecule has 4 nitrogen and oxygen atoms in total. The predicted octanol–water partition coefficient (Wildman–Crippen LogP) is 6.97. The number of nitrogens with zero attached hydrogens (tertiary/aromatic N) is 1. The third kappa shape index (κ3) is 2.66. The van der Waals surface area contributed by atoms with E-state index < -0.39 is 22.7 Å². The highest BCUT2D eigenvalue weighted by molar-refractivity contribution is 6.34. The van der Waals surface area contributed by atoms with E-state index in [0.717, 1.165) is 43.8 Å². The van der Waals surface area contributed by atoms with E-state index in [2.05, 4.69) is 24.3 Å². The summed E-state index contributed by atoms with van der Waals surface area (Å²) in [5.41, 5.74) is 1.06. The van der Waals surface area contributed by atoms with Gasteiger partial charge in [-0.2, -0.15) is 0 Å². The largest absolute Gasteiger partial charge is 0.297 e. The van der Waals surface area contributed by atoms with Gasteiger partial charge in [0.2, 0.25) is 11.8 Å². The maximum absolute atomic E-state index is 15.8. The molecular weight excluding hydrogens is 530 g/mol. The van der Waals surface area contributed by atoms with Crippen molar-refractivity contribution in [3.8, 4) is 0 Å². The predicted molar refractivity (Wildman–Crippen MR) is 167 cm³/mol. The zero-order valence-corrected chi connectivity index (χ0v) is 23.1. The highest BCUT2D eigenvalue weighted by Crippen LogP contribution is 2.72. The normalized spacial score (nSPS) is 25.5. The summed E-state index contributed by atoms with van der Waals surface area (Å²) in [6.45, 7) is 0. The summed E-state index contributed by atoms with van der Waals surface area (Å²) in [5, 5.41) is 3.96. The Morgan fingerprint density at radius 3 is 1.19 bits per heavy atom. The summed E-state index contributed by atoms with van der Waals surface area (Å²) in [5.74, 6) is -2.52. The Balaban J connectivity index is 1.53. The molecule has 9 rings (SSSR count). The minimum Gasteiger partial charge on any atom is -0.297 e. The molecule has 6 aromatic carbocycles. The zero-order chi connectivity index (χ0) is 28.9.